The molecular weight excluding hydrogens is 302 g/mol. The Morgan fingerprint density at radius 2 is 2.32 bits per heavy atom. The molecule has 2 nitrogen and oxygen atoms in total. The van der Waals surface area contributed by atoms with Gasteiger partial charge in [0.1, 0.15) is 0 Å². The number of benzene rings is 1. The highest BCUT2D eigenvalue weighted by atomic mass is 79.9. The van der Waals surface area contributed by atoms with Crippen LogP contribution >= 0.6 is 15.9 Å². The second-order valence-electron chi connectivity index (χ2n) is 5.45. The average molecular weight is 326 g/mol. The Morgan fingerprint density at radius 3 is 3.05 bits per heavy atom. The van der Waals surface area contributed by atoms with Crippen LogP contribution in [0.4, 0.5) is 0 Å². The fourth-order valence-corrected chi connectivity index (χ4v) is 3.20. The van der Waals surface area contributed by atoms with E-state index in [9.17, 15) is 0 Å². The molecule has 0 aliphatic carbocycles. The molecule has 3 atom stereocenters. The fraction of sp³-hybridized carbons (Fsp3) is 0.625. The van der Waals surface area contributed by atoms with Crippen LogP contribution in [0.5, 0.6) is 0 Å². The van der Waals surface area contributed by atoms with Gasteiger partial charge in [0.05, 0.1) is 6.10 Å². The van der Waals surface area contributed by atoms with E-state index in [0.717, 1.165) is 23.9 Å². The number of hydrogen-bond donors (Lipinski definition) is 1. The zero-order chi connectivity index (χ0) is 13.7. The molecule has 1 saturated heterocycles. The van der Waals surface area contributed by atoms with E-state index >= 15 is 0 Å². The van der Waals surface area contributed by atoms with Gasteiger partial charge in [-0.1, -0.05) is 41.4 Å². The summed E-state index contributed by atoms with van der Waals surface area (Å²) in [4.78, 5) is 0. The van der Waals surface area contributed by atoms with E-state index in [1.807, 2.05) is 0 Å². The van der Waals surface area contributed by atoms with Crippen molar-refractivity contribution in [1.82, 2.24) is 5.32 Å². The van der Waals surface area contributed by atoms with Crippen molar-refractivity contribution in [2.45, 2.75) is 57.7 Å². The molecule has 0 bridgehead atoms. The van der Waals surface area contributed by atoms with Crippen molar-refractivity contribution < 1.29 is 4.74 Å². The van der Waals surface area contributed by atoms with E-state index in [1.165, 1.54) is 18.4 Å². The smallest absolute Gasteiger partial charge is 0.0589 e. The van der Waals surface area contributed by atoms with Crippen molar-refractivity contribution in [2.75, 3.05) is 6.61 Å². The summed E-state index contributed by atoms with van der Waals surface area (Å²) in [5, 5.41) is 3.75. The molecule has 2 unspecified atom stereocenters. The van der Waals surface area contributed by atoms with Gasteiger partial charge in [0.25, 0.3) is 0 Å². The Bertz CT molecular complexity index is 394. The summed E-state index contributed by atoms with van der Waals surface area (Å²) < 4.78 is 6.96. The van der Waals surface area contributed by atoms with Gasteiger partial charge in [-0.05, 0) is 43.9 Å². The number of nitrogens with one attached hydrogen (secondary N) is 1. The second-order valence-corrected chi connectivity index (χ2v) is 6.36. The third-order valence-electron chi connectivity index (χ3n) is 3.81. The number of halogens is 1. The summed E-state index contributed by atoms with van der Waals surface area (Å²) >= 11 is 3.54. The highest BCUT2D eigenvalue weighted by Gasteiger charge is 2.23. The highest BCUT2D eigenvalue weighted by molar-refractivity contribution is 9.10. The summed E-state index contributed by atoms with van der Waals surface area (Å²) in [5.41, 5.74) is 1.34. The van der Waals surface area contributed by atoms with Crippen LogP contribution in [0, 0.1) is 0 Å². The standard InChI is InChI=1S/C16H24BrNO/c1-3-5-16-11-15(8-9-19-16)18-12(2)13-6-4-7-14(17)10-13/h4,6-7,10,12,15-16,18H,3,5,8-9,11H2,1-2H3/t12-,15?,16?/m0/s1. The molecule has 0 saturated carbocycles. The van der Waals surface area contributed by atoms with Gasteiger partial charge in [-0.2, -0.15) is 0 Å². The number of ether oxygens (including phenoxy) is 1. The number of rotatable bonds is 5. The first-order valence-electron chi connectivity index (χ1n) is 7.32. The fourth-order valence-electron chi connectivity index (χ4n) is 2.78. The molecule has 1 aromatic rings. The minimum Gasteiger partial charge on any atom is -0.378 e. The van der Waals surface area contributed by atoms with Crippen LogP contribution in [0.25, 0.3) is 0 Å². The maximum absolute atomic E-state index is 5.81. The van der Waals surface area contributed by atoms with Crippen LogP contribution in [-0.2, 0) is 4.74 Å². The molecule has 0 aromatic heterocycles. The van der Waals surface area contributed by atoms with Crippen molar-refractivity contribution in [1.29, 1.82) is 0 Å². The van der Waals surface area contributed by atoms with Crippen LogP contribution in [-0.4, -0.2) is 18.8 Å². The summed E-state index contributed by atoms with van der Waals surface area (Å²) in [6, 6.07) is 9.53. The summed E-state index contributed by atoms with van der Waals surface area (Å²) in [7, 11) is 0. The van der Waals surface area contributed by atoms with Gasteiger partial charge in [0.2, 0.25) is 0 Å². The van der Waals surface area contributed by atoms with Gasteiger partial charge >= 0.3 is 0 Å². The van der Waals surface area contributed by atoms with Gasteiger partial charge in [-0.3, -0.25) is 0 Å². The maximum Gasteiger partial charge on any atom is 0.0589 e. The van der Waals surface area contributed by atoms with Crippen molar-refractivity contribution >= 4 is 15.9 Å². The molecule has 1 fully saturated rings. The van der Waals surface area contributed by atoms with Crippen molar-refractivity contribution in [3.05, 3.63) is 34.3 Å². The summed E-state index contributed by atoms with van der Waals surface area (Å²) in [6.45, 7) is 5.37. The van der Waals surface area contributed by atoms with Gasteiger partial charge in [-0.25, -0.2) is 0 Å². The molecule has 1 aliphatic heterocycles. The molecule has 1 heterocycles. The minimum atomic E-state index is 0.392. The van der Waals surface area contributed by atoms with E-state index in [4.69, 9.17) is 4.74 Å². The molecule has 1 aliphatic rings. The minimum absolute atomic E-state index is 0.392. The van der Waals surface area contributed by atoms with Crippen LogP contribution < -0.4 is 5.32 Å². The van der Waals surface area contributed by atoms with E-state index in [1.54, 1.807) is 0 Å². The summed E-state index contributed by atoms with van der Waals surface area (Å²) in [6.07, 6.45) is 5.11. The van der Waals surface area contributed by atoms with Crippen molar-refractivity contribution in [2.24, 2.45) is 0 Å². The topological polar surface area (TPSA) is 21.3 Å². The molecule has 106 valence electrons. The third kappa shape index (κ3) is 4.59. The average Bonchev–Trinajstić information content (AvgIpc) is 2.39. The Morgan fingerprint density at radius 1 is 1.47 bits per heavy atom. The van der Waals surface area contributed by atoms with Crippen LogP contribution in [0.2, 0.25) is 0 Å². The van der Waals surface area contributed by atoms with Crippen LogP contribution in [0.1, 0.15) is 51.1 Å². The van der Waals surface area contributed by atoms with Crippen LogP contribution in [0.3, 0.4) is 0 Å². The first kappa shape index (κ1) is 15.0. The lowest BCUT2D eigenvalue weighted by molar-refractivity contribution is -0.00472. The molecule has 0 amide bonds. The predicted octanol–water partition coefficient (Wildman–Crippen LogP) is 4.45. The Hall–Kier alpha value is -0.380. The van der Waals surface area contributed by atoms with Crippen molar-refractivity contribution in [3.63, 3.8) is 0 Å². The summed E-state index contributed by atoms with van der Waals surface area (Å²) in [5.74, 6) is 0. The first-order valence-corrected chi connectivity index (χ1v) is 8.11. The first-order chi connectivity index (χ1) is 9.19. The van der Waals surface area contributed by atoms with E-state index in [2.05, 4.69) is 59.4 Å². The Labute approximate surface area is 125 Å². The highest BCUT2D eigenvalue weighted by Crippen LogP contribution is 2.22. The Balaban J connectivity index is 1.89. The third-order valence-corrected chi connectivity index (χ3v) is 4.31. The molecule has 1 aromatic carbocycles. The van der Waals surface area contributed by atoms with Crippen molar-refractivity contribution in [3.8, 4) is 0 Å². The predicted molar refractivity (Wildman–Crippen MR) is 83.4 cm³/mol. The molecule has 0 radical (unpaired) electrons. The molecule has 0 spiro atoms. The normalized spacial score (nSPS) is 25.2. The molecule has 19 heavy (non-hydrogen) atoms. The molecule has 1 N–H and O–H groups in total. The second kappa shape index (κ2) is 7.41. The zero-order valence-electron chi connectivity index (χ0n) is 11.9. The molecule has 3 heteroatoms. The monoisotopic (exact) mass is 325 g/mol. The van der Waals surface area contributed by atoms with Gasteiger partial charge in [0.15, 0.2) is 0 Å². The lowest BCUT2D eigenvalue weighted by Gasteiger charge is -2.32. The van der Waals surface area contributed by atoms with E-state index in [0.29, 0.717) is 18.2 Å². The van der Waals surface area contributed by atoms with E-state index < -0.39 is 0 Å². The largest absolute Gasteiger partial charge is 0.378 e. The zero-order valence-corrected chi connectivity index (χ0v) is 13.4. The lowest BCUT2D eigenvalue weighted by atomic mass is 9.98. The number of hydrogen-bond acceptors (Lipinski definition) is 2. The van der Waals surface area contributed by atoms with Crippen LogP contribution in [0.15, 0.2) is 28.7 Å². The van der Waals surface area contributed by atoms with Gasteiger partial charge in [0, 0.05) is 23.2 Å². The van der Waals surface area contributed by atoms with E-state index in [-0.39, 0.29) is 0 Å². The Kier molecular flexibility index (Phi) is 5.86. The van der Waals surface area contributed by atoms with Gasteiger partial charge < -0.3 is 10.1 Å². The molecule has 2 rings (SSSR count). The van der Waals surface area contributed by atoms with Gasteiger partial charge in [-0.15, -0.1) is 0 Å². The quantitative estimate of drug-likeness (QED) is 0.863. The maximum atomic E-state index is 5.81. The molecular formula is C16H24BrNO. The SMILES string of the molecule is CCCC1CC(N[C@@H](C)c2cccc(Br)c2)CCO1. The lowest BCUT2D eigenvalue weighted by Crippen LogP contribution is -2.40.